The van der Waals surface area contributed by atoms with Crippen LogP contribution in [0.4, 0.5) is 0 Å². The highest BCUT2D eigenvalue weighted by Crippen LogP contribution is 2.39. The van der Waals surface area contributed by atoms with E-state index in [9.17, 15) is 0 Å². The first-order valence-corrected chi connectivity index (χ1v) is 9.15. The maximum atomic E-state index is 4.91. The second-order valence-electron chi connectivity index (χ2n) is 5.72. The van der Waals surface area contributed by atoms with E-state index in [0.29, 0.717) is 5.92 Å². The molecular weight excluding hydrogens is 330 g/mol. The van der Waals surface area contributed by atoms with Gasteiger partial charge in [-0.15, -0.1) is 11.3 Å². The molecule has 2 atom stereocenters. The SMILES string of the molecule is CCC1CCCC(c2nc(-c3ccc(Br)cc3)cs2)C1. The number of aromatic nitrogens is 1. The largest absolute Gasteiger partial charge is 0.241 e. The smallest absolute Gasteiger partial charge is 0.0963 e. The Hall–Kier alpha value is -0.670. The molecule has 3 heteroatoms. The summed E-state index contributed by atoms with van der Waals surface area (Å²) < 4.78 is 1.12. The van der Waals surface area contributed by atoms with Crippen molar-refractivity contribution in [1.29, 1.82) is 0 Å². The first-order valence-electron chi connectivity index (χ1n) is 7.47. The van der Waals surface area contributed by atoms with Crippen LogP contribution < -0.4 is 0 Å². The van der Waals surface area contributed by atoms with Crippen LogP contribution in [0.5, 0.6) is 0 Å². The summed E-state index contributed by atoms with van der Waals surface area (Å²) in [5, 5.41) is 3.56. The number of halogens is 1. The van der Waals surface area contributed by atoms with Crippen molar-refractivity contribution in [3.05, 3.63) is 39.1 Å². The summed E-state index contributed by atoms with van der Waals surface area (Å²) in [6.07, 6.45) is 6.77. The van der Waals surface area contributed by atoms with Gasteiger partial charge in [-0.25, -0.2) is 4.98 Å². The molecule has 0 spiro atoms. The van der Waals surface area contributed by atoms with E-state index in [1.165, 1.54) is 42.7 Å². The summed E-state index contributed by atoms with van der Waals surface area (Å²) in [4.78, 5) is 4.91. The second-order valence-corrected chi connectivity index (χ2v) is 7.52. The van der Waals surface area contributed by atoms with Gasteiger partial charge in [0.25, 0.3) is 0 Å². The number of hydrogen-bond donors (Lipinski definition) is 0. The second kappa shape index (κ2) is 6.40. The van der Waals surface area contributed by atoms with E-state index in [-0.39, 0.29) is 0 Å². The van der Waals surface area contributed by atoms with Gasteiger partial charge < -0.3 is 0 Å². The molecule has 3 rings (SSSR count). The molecule has 106 valence electrons. The predicted octanol–water partition coefficient (Wildman–Crippen LogP) is 6.26. The van der Waals surface area contributed by atoms with Gasteiger partial charge in [-0.1, -0.05) is 54.2 Å². The molecule has 1 heterocycles. The van der Waals surface area contributed by atoms with E-state index in [1.807, 2.05) is 11.3 Å². The molecule has 0 aliphatic heterocycles. The molecule has 1 aromatic heterocycles. The van der Waals surface area contributed by atoms with Crippen molar-refractivity contribution in [2.24, 2.45) is 5.92 Å². The van der Waals surface area contributed by atoms with E-state index in [1.54, 1.807) is 0 Å². The van der Waals surface area contributed by atoms with Crippen molar-refractivity contribution in [2.75, 3.05) is 0 Å². The Kier molecular flexibility index (Phi) is 4.57. The zero-order chi connectivity index (χ0) is 13.9. The normalized spacial score (nSPS) is 22.9. The molecule has 1 saturated carbocycles. The number of rotatable bonds is 3. The summed E-state index contributed by atoms with van der Waals surface area (Å²) >= 11 is 5.33. The van der Waals surface area contributed by atoms with Crippen molar-refractivity contribution in [3.63, 3.8) is 0 Å². The minimum absolute atomic E-state index is 0.697. The first kappa shape index (κ1) is 14.3. The third-order valence-electron chi connectivity index (χ3n) is 4.37. The van der Waals surface area contributed by atoms with Gasteiger partial charge in [0.1, 0.15) is 0 Å². The van der Waals surface area contributed by atoms with Crippen molar-refractivity contribution < 1.29 is 0 Å². The Morgan fingerprint density at radius 3 is 2.80 bits per heavy atom. The van der Waals surface area contributed by atoms with Crippen molar-refractivity contribution in [3.8, 4) is 11.3 Å². The lowest BCUT2D eigenvalue weighted by atomic mass is 9.80. The van der Waals surface area contributed by atoms with Gasteiger partial charge >= 0.3 is 0 Å². The molecule has 0 saturated heterocycles. The van der Waals surface area contributed by atoms with E-state index in [0.717, 1.165) is 16.1 Å². The topological polar surface area (TPSA) is 12.9 Å². The summed E-state index contributed by atoms with van der Waals surface area (Å²) in [6.45, 7) is 2.32. The highest BCUT2D eigenvalue weighted by atomic mass is 79.9. The zero-order valence-electron chi connectivity index (χ0n) is 11.8. The molecular formula is C17H20BrNS. The average Bonchev–Trinajstić information content (AvgIpc) is 2.98. The van der Waals surface area contributed by atoms with Gasteiger partial charge in [0, 0.05) is 21.3 Å². The molecule has 1 aromatic carbocycles. The quantitative estimate of drug-likeness (QED) is 0.637. The van der Waals surface area contributed by atoms with Gasteiger partial charge in [-0.3, -0.25) is 0 Å². The summed E-state index contributed by atoms with van der Waals surface area (Å²) in [5.74, 6) is 1.61. The fourth-order valence-electron chi connectivity index (χ4n) is 3.11. The van der Waals surface area contributed by atoms with Gasteiger partial charge in [0.05, 0.1) is 10.7 Å². The Morgan fingerprint density at radius 1 is 1.25 bits per heavy atom. The molecule has 1 fully saturated rings. The van der Waals surface area contributed by atoms with Crippen LogP contribution in [0.2, 0.25) is 0 Å². The summed E-state index contributed by atoms with van der Waals surface area (Å²) in [6, 6.07) is 8.45. The van der Waals surface area contributed by atoms with E-state index in [4.69, 9.17) is 4.98 Å². The standard InChI is InChI=1S/C17H20BrNS/c1-2-12-4-3-5-14(10-12)17-19-16(11-20-17)13-6-8-15(18)9-7-13/h6-9,11-12,14H,2-5,10H2,1H3. The molecule has 0 bridgehead atoms. The molecule has 1 aliphatic carbocycles. The van der Waals surface area contributed by atoms with Gasteiger partial charge in [-0.2, -0.15) is 0 Å². The highest BCUT2D eigenvalue weighted by molar-refractivity contribution is 9.10. The van der Waals surface area contributed by atoms with Gasteiger partial charge in [0.15, 0.2) is 0 Å². The summed E-state index contributed by atoms with van der Waals surface area (Å²) in [5.41, 5.74) is 2.36. The molecule has 1 nitrogen and oxygen atoms in total. The number of nitrogens with zero attached hydrogens (tertiary/aromatic N) is 1. The van der Waals surface area contributed by atoms with Crippen LogP contribution in [0.1, 0.15) is 50.0 Å². The maximum Gasteiger partial charge on any atom is 0.0963 e. The fraction of sp³-hybridized carbons (Fsp3) is 0.471. The van der Waals surface area contributed by atoms with E-state index < -0.39 is 0 Å². The third kappa shape index (κ3) is 3.15. The van der Waals surface area contributed by atoms with Crippen molar-refractivity contribution in [1.82, 2.24) is 4.98 Å². The third-order valence-corrected chi connectivity index (χ3v) is 5.91. The Labute approximate surface area is 133 Å². The minimum atomic E-state index is 0.697. The van der Waals surface area contributed by atoms with Gasteiger partial charge in [0.2, 0.25) is 0 Å². The zero-order valence-corrected chi connectivity index (χ0v) is 14.2. The molecule has 0 amide bonds. The lowest BCUT2D eigenvalue weighted by molar-refractivity contribution is 0.314. The molecule has 0 N–H and O–H groups in total. The van der Waals surface area contributed by atoms with Crippen molar-refractivity contribution in [2.45, 2.75) is 44.9 Å². The molecule has 2 aromatic rings. The predicted molar refractivity (Wildman–Crippen MR) is 90.2 cm³/mol. The van der Waals surface area contributed by atoms with Gasteiger partial charge in [-0.05, 0) is 30.9 Å². The lowest BCUT2D eigenvalue weighted by Crippen LogP contribution is -2.13. The highest BCUT2D eigenvalue weighted by Gasteiger charge is 2.24. The van der Waals surface area contributed by atoms with Crippen molar-refractivity contribution >= 4 is 27.3 Å². The monoisotopic (exact) mass is 349 g/mol. The molecule has 20 heavy (non-hydrogen) atoms. The number of hydrogen-bond acceptors (Lipinski definition) is 2. The van der Waals surface area contributed by atoms with E-state index >= 15 is 0 Å². The van der Waals surface area contributed by atoms with Crippen LogP contribution in [0.3, 0.4) is 0 Å². The lowest BCUT2D eigenvalue weighted by Gasteiger charge is -2.26. The fourth-order valence-corrected chi connectivity index (χ4v) is 4.36. The number of benzene rings is 1. The molecule has 2 unspecified atom stereocenters. The summed E-state index contributed by atoms with van der Waals surface area (Å²) in [7, 11) is 0. The van der Waals surface area contributed by atoms with Crippen LogP contribution in [0.15, 0.2) is 34.1 Å². The molecule has 1 aliphatic rings. The Morgan fingerprint density at radius 2 is 2.05 bits per heavy atom. The van der Waals surface area contributed by atoms with Crippen LogP contribution in [-0.2, 0) is 0 Å². The van der Waals surface area contributed by atoms with E-state index in [2.05, 4.69) is 52.5 Å². The minimum Gasteiger partial charge on any atom is -0.241 e. The maximum absolute atomic E-state index is 4.91. The van der Waals surface area contributed by atoms with Crippen LogP contribution >= 0.6 is 27.3 Å². The number of thiazole rings is 1. The first-order chi connectivity index (χ1) is 9.76. The average molecular weight is 350 g/mol. The molecule has 0 radical (unpaired) electrons. The van der Waals surface area contributed by atoms with Crippen LogP contribution in [0, 0.1) is 5.92 Å². The van der Waals surface area contributed by atoms with Crippen LogP contribution in [0.25, 0.3) is 11.3 Å². The van der Waals surface area contributed by atoms with Crippen LogP contribution in [-0.4, -0.2) is 4.98 Å². The Bertz CT molecular complexity index is 561. The Balaban J connectivity index is 1.78.